The maximum Gasteiger partial charge on any atom is 0.407 e. The summed E-state index contributed by atoms with van der Waals surface area (Å²) in [6.07, 6.45) is 2.66. The maximum atomic E-state index is 13.8. The van der Waals surface area contributed by atoms with Crippen molar-refractivity contribution < 1.29 is 19.8 Å². The van der Waals surface area contributed by atoms with Crippen molar-refractivity contribution in [2.24, 2.45) is 5.92 Å². The molecule has 2 fully saturated rings. The number of halogens is 1. The van der Waals surface area contributed by atoms with Gasteiger partial charge in [-0.1, -0.05) is 30.7 Å². The number of carbonyl (C=O) groups is 2. The van der Waals surface area contributed by atoms with Crippen LogP contribution in [-0.2, 0) is 4.79 Å². The van der Waals surface area contributed by atoms with Crippen LogP contribution in [0.5, 0.6) is 0 Å². The fourth-order valence-electron chi connectivity index (χ4n) is 5.40. The molecule has 1 aromatic carbocycles. The van der Waals surface area contributed by atoms with Crippen molar-refractivity contribution in [1.29, 1.82) is 0 Å². The molecule has 5 rings (SSSR count). The van der Waals surface area contributed by atoms with Crippen molar-refractivity contribution in [3.8, 4) is 0 Å². The Balaban J connectivity index is 1.32. The summed E-state index contributed by atoms with van der Waals surface area (Å²) in [5.41, 5.74) is 2.48. The molecule has 36 heavy (non-hydrogen) atoms. The number of rotatable bonds is 7. The van der Waals surface area contributed by atoms with Crippen LogP contribution in [0.3, 0.4) is 0 Å². The summed E-state index contributed by atoms with van der Waals surface area (Å²) in [6.45, 7) is 4.90. The van der Waals surface area contributed by atoms with Crippen molar-refractivity contribution in [2.75, 3.05) is 44.2 Å². The number of amides is 2. The van der Waals surface area contributed by atoms with Crippen molar-refractivity contribution in [3.05, 3.63) is 52.4 Å². The summed E-state index contributed by atoms with van der Waals surface area (Å²) < 4.78 is 0. The van der Waals surface area contributed by atoms with Gasteiger partial charge in [-0.2, -0.15) is 0 Å². The highest BCUT2D eigenvalue weighted by Crippen LogP contribution is 2.42. The molecule has 0 radical (unpaired) electrons. The molecule has 1 saturated carbocycles. The molecule has 2 heterocycles. The highest BCUT2D eigenvalue weighted by Gasteiger charge is 2.36. The summed E-state index contributed by atoms with van der Waals surface area (Å²) in [5, 5.41) is 20.7. The molecule has 0 bridgehead atoms. The summed E-state index contributed by atoms with van der Waals surface area (Å²) >= 11 is 6.08. The highest BCUT2D eigenvalue weighted by atomic mass is 35.5. The smallest absolute Gasteiger partial charge is 0.407 e. The van der Waals surface area contributed by atoms with Crippen molar-refractivity contribution in [2.45, 2.75) is 44.1 Å². The third-order valence-corrected chi connectivity index (χ3v) is 7.84. The van der Waals surface area contributed by atoms with E-state index in [1.807, 2.05) is 17.0 Å². The topological polar surface area (TPSA) is 110 Å². The summed E-state index contributed by atoms with van der Waals surface area (Å²) in [6, 6.07) is 7.11. The average Bonchev–Trinajstić information content (AvgIpc) is 3.65. The van der Waals surface area contributed by atoms with Crippen LogP contribution < -0.4 is 4.90 Å². The number of hydrogen-bond acceptors (Lipinski definition) is 6. The van der Waals surface area contributed by atoms with Crippen LogP contribution in [0, 0.1) is 5.92 Å². The van der Waals surface area contributed by atoms with Gasteiger partial charge in [0.2, 0.25) is 5.91 Å². The Labute approximate surface area is 215 Å². The summed E-state index contributed by atoms with van der Waals surface area (Å²) in [5.74, 6) is 0.736. The predicted molar refractivity (Wildman–Crippen MR) is 135 cm³/mol. The van der Waals surface area contributed by atoms with E-state index in [0.29, 0.717) is 55.8 Å². The first-order valence-electron chi connectivity index (χ1n) is 12.6. The van der Waals surface area contributed by atoms with Crippen LogP contribution in [0.1, 0.15) is 60.9 Å². The summed E-state index contributed by atoms with van der Waals surface area (Å²) in [7, 11) is 0. The molecule has 1 aliphatic heterocycles. The minimum Gasteiger partial charge on any atom is -0.465 e. The first kappa shape index (κ1) is 24.8. The first-order valence-corrected chi connectivity index (χ1v) is 13.0. The predicted octanol–water partition coefficient (Wildman–Crippen LogP) is 3.49. The van der Waals surface area contributed by atoms with E-state index in [0.717, 1.165) is 29.8 Å². The molecule has 3 atom stereocenters. The van der Waals surface area contributed by atoms with Gasteiger partial charge in [0.15, 0.2) is 0 Å². The van der Waals surface area contributed by atoms with E-state index < -0.39 is 18.1 Å². The molecule has 0 spiro atoms. The number of carbonyl (C=O) groups excluding carboxylic acids is 1. The number of nitrogens with zero attached hydrogens (tertiary/aromatic N) is 5. The number of aliphatic hydroxyl groups excluding tert-OH is 1. The van der Waals surface area contributed by atoms with Gasteiger partial charge in [0.05, 0.1) is 17.7 Å². The molecule has 2 N–H and O–H groups in total. The SMILES string of the molecule is C[C@@H]1C[C@H](O)c2ncnc(N3CCN(C(=O)[C@H](CN(CC4CC4)C(=O)O)c4ccc(Cl)cc4)CC3)c21. The molecular formula is C26H32ClN5O4. The van der Waals surface area contributed by atoms with Gasteiger partial charge >= 0.3 is 6.09 Å². The molecule has 10 heteroatoms. The van der Waals surface area contributed by atoms with Gasteiger partial charge in [-0.3, -0.25) is 4.79 Å². The fraction of sp³-hybridized carbons (Fsp3) is 0.538. The molecule has 2 aromatic rings. The monoisotopic (exact) mass is 513 g/mol. The third-order valence-electron chi connectivity index (χ3n) is 7.59. The van der Waals surface area contributed by atoms with E-state index in [2.05, 4.69) is 21.8 Å². The number of anilines is 1. The zero-order chi connectivity index (χ0) is 25.4. The van der Waals surface area contributed by atoms with Crippen LogP contribution in [0.25, 0.3) is 0 Å². The van der Waals surface area contributed by atoms with Crippen LogP contribution in [0.2, 0.25) is 5.02 Å². The Morgan fingerprint density at radius 1 is 1.14 bits per heavy atom. The van der Waals surface area contributed by atoms with Crippen LogP contribution >= 0.6 is 11.6 Å². The minimum atomic E-state index is -0.993. The molecule has 0 unspecified atom stereocenters. The Kier molecular flexibility index (Phi) is 7.03. The van der Waals surface area contributed by atoms with E-state index in [9.17, 15) is 19.8 Å². The quantitative estimate of drug-likeness (QED) is 0.583. The normalized spacial score (nSPS) is 22.3. The van der Waals surface area contributed by atoms with Gasteiger partial charge in [0.25, 0.3) is 0 Å². The van der Waals surface area contributed by atoms with E-state index in [1.165, 1.54) is 11.2 Å². The van der Waals surface area contributed by atoms with Crippen LogP contribution in [-0.4, -0.2) is 81.2 Å². The minimum absolute atomic E-state index is 0.0734. The number of piperazine rings is 1. The number of aliphatic hydroxyl groups is 1. The molecular weight excluding hydrogens is 482 g/mol. The first-order chi connectivity index (χ1) is 17.3. The molecule has 9 nitrogen and oxygen atoms in total. The molecule has 3 aliphatic rings. The van der Waals surface area contributed by atoms with E-state index in [4.69, 9.17) is 11.6 Å². The fourth-order valence-corrected chi connectivity index (χ4v) is 5.52. The average molecular weight is 514 g/mol. The van der Waals surface area contributed by atoms with Gasteiger partial charge in [-0.25, -0.2) is 14.8 Å². The Bertz CT molecular complexity index is 1120. The highest BCUT2D eigenvalue weighted by molar-refractivity contribution is 6.30. The maximum absolute atomic E-state index is 13.8. The number of carboxylic acid groups (broad SMARTS) is 1. The molecule has 192 valence electrons. The van der Waals surface area contributed by atoms with Crippen molar-refractivity contribution >= 4 is 29.4 Å². The van der Waals surface area contributed by atoms with E-state index in [1.54, 1.807) is 12.1 Å². The van der Waals surface area contributed by atoms with E-state index in [-0.39, 0.29) is 18.4 Å². The number of aromatic nitrogens is 2. The zero-order valence-electron chi connectivity index (χ0n) is 20.4. The lowest BCUT2D eigenvalue weighted by Gasteiger charge is -2.38. The Morgan fingerprint density at radius 3 is 2.47 bits per heavy atom. The molecule has 1 saturated heterocycles. The van der Waals surface area contributed by atoms with Crippen molar-refractivity contribution in [1.82, 2.24) is 19.8 Å². The summed E-state index contributed by atoms with van der Waals surface area (Å²) in [4.78, 5) is 39.9. The molecule has 2 aliphatic carbocycles. The van der Waals surface area contributed by atoms with Gasteiger partial charge in [-0.15, -0.1) is 0 Å². The number of hydrogen-bond donors (Lipinski definition) is 2. The zero-order valence-corrected chi connectivity index (χ0v) is 21.1. The standard InChI is InChI=1S/C26H32ClN5O4/c1-16-12-21(33)23-22(16)24(29-15-28-23)30-8-10-31(11-9-30)25(34)20(18-4-6-19(27)7-5-18)14-32(26(35)36)13-17-2-3-17/h4-7,15-17,20-21,33H,2-3,8-14H2,1H3,(H,35,36)/t16-,20-,21+/m1/s1. The Morgan fingerprint density at radius 2 is 1.83 bits per heavy atom. The largest absolute Gasteiger partial charge is 0.465 e. The number of fused-ring (bicyclic) bond motifs is 1. The van der Waals surface area contributed by atoms with Crippen LogP contribution in [0.4, 0.5) is 10.6 Å². The second-order valence-electron chi connectivity index (χ2n) is 10.2. The molecule has 2 amide bonds. The molecule has 1 aromatic heterocycles. The van der Waals surface area contributed by atoms with Gasteiger partial charge < -0.3 is 24.9 Å². The van der Waals surface area contributed by atoms with Gasteiger partial charge in [-0.05, 0) is 48.8 Å². The van der Waals surface area contributed by atoms with Crippen molar-refractivity contribution in [3.63, 3.8) is 0 Å². The number of benzene rings is 1. The lowest BCUT2D eigenvalue weighted by Crippen LogP contribution is -2.52. The van der Waals surface area contributed by atoms with E-state index >= 15 is 0 Å². The Hall–Kier alpha value is -2.91. The van der Waals surface area contributed by atoms with Gasteiger partial charge in [0.1, 0.15) is 12.1 Å². The third kappa shape index (κ3) is 5.13. The lowest BCUT2D eigenvalue weighted by molar-refractivity contribution is -0.133. The van der Waals surface area contributed by atoms with Crippen LogP contribution in [0.15, 0.2) is 30.6 Å². The second-order valence-corrected chi connectivity index (χ2v) is 10.6. The second kappa shape index (κ2) is 10.2. The van der Waals surface area contributed by atoms with Gasteiger partial charge in [0, 0.05) is 49.9 Å². The lowest BCUT2D eigenvalue weighted by atomic mass is 9.96.